The lowest BCUT2D eigenvalue weighted by molar-refractivity contribution is 0.230. The molecule has 0 aliphatic carbocycles. The van der Waals surface area contributed by atoms with Crippen molar-refractivity contribution in [3.63, 3.8) is 0 Å². The highest BCUT2D eigenvalue weighted by molar-refractivity contribution is 5.40. The SMILES string of the molecule is CC(C)CN1CCN(c2nc(F)c(F)cc2F)CC1. The van der Waals surface area contributed by atoms with Gasteiger partial charge in [0.2, 0.25) is 0 Å². The molecule has 1 aromatic rings. The lowest BCUT2D eigenvalue weighted by Crippen LogP contribution is -2.48. The molecule has 1 aromatic heterocycles. The van der Waals surface area contributed by atoms with E-state index in [1.807, 2.05) is 0 Å². The number of nitrogens with zero attached hydrogens (tertiary/aromatic N) is 3. The second-order valence-corrected chi connectivity index (χ2v) is 5.25. The first-order valence-electron chi connectivity index (χ1n) is 6.46. The molecule has 3 nitrogen and oxygen atoms in total. The molecule has 19 heavy (non-hydrogen) atoms. The first-order valence-corrected chi connectivity index (χ1v) is 6.46. The van der Waals surface area contributed by atoms with E-state index in [1.54, 1.807) is 4.90 Å². The van der Waals surface area contributed by atoms with Crippen molar-refractivity contribution in [1.82, 2.24) is 9.88 Å². The largest absolute Gasteiger partial charge is 0.352 e. The summed E-state index contributed by atoms with van der Waals surface area (Å²) in [6.45, 7) is 7.97. The van der Waals surface area contributed by atoms with Crippen LogP contribution in [0, 0.1) is 23.5 Å². The molecule has 0 spiro atoms. The van der Waals surface area contributed by atoms with E-state index in [1.165, 1.54) is 0 Å². The summed E-state index contributed by atoms with van der Waals surface area (Å²) >= 11 is 0. The Morgan fingerprint density at radius 3 is 2.32 bits per heavy atom. The average molecular weight is 273 g/mol. The quantitative estimate of drug-likeness (QED) is 0.788. The molecule has 0 N–H and O–H groups in total. The Labute approximate surface area is 111 Å². The lowest BCUT2D eigenvalue weighted by Gasteiger charge is -2.36. The van der Waals surface area contributed by atoms with Gasteiger partial charge in [0.05, 0.1) is 0 Å². The van der Waals surface area contributed by atoms with Gasteiger partial charge in [0.15, 0.2) is 17.5 Å². The summed E-state index contributed by atoms with van der Waals surface area (Å²) in [6.07, 6.45) is 0. The van der Waals surface area contributed by atoms with Crippen molar-refractivity contribution < 1.29 is 13.2 Å². The highest BCUT2D eigenvalue weighted by atomic mass is 19.2. The van der Waals surface area contributed by atoms with E-state index in [-0.39, 0.29) is 5.82 Å². The minimum Gasteiger partial charge on any atom is -0.352 e. The average Bonchev–Trinajstić information content (AvgIpc) is 2.34. The summed E-state index contributed by atoms with van der Waals surface area (Å²) in [7, 11) is 0. The predicted octanol–water partition coefficient (Wildman–Crippen LogP) is 2.28. The van der Waals surface area contributed by atoms with E-state index >= 15 is 0 Å². The second-order valence-electron chi connectivity index (χ2n) is 5.25. The maximum absolute atomic E-state index is 13.6. The minimum atomic E-state index is -1.25. The van der Waals surface area contributed by atoms with Crippen LogP contribution in [0.25, 0.3) is 0 Å². The summed E-state index contributed by atoms with van der Waals surface area (Å²) < 4.78 is 39.5. The lowest BCUT2D eigenvalue weighted by atomic mass is 10.2. The van der Waals surface area contributed by atoms with E-state index in [4.69, 9.17) is 0 Å². The number of anilines is 1. The van der Waals surface area contributed by atoms with Crippen molar-refractivity contribution in [3.8, 4) is 0 Å². The number of piperazine rings is 1. The Morgan fingerprint density at radius 1 is 1.11 bits per heavy atom. The molecule has 106 valence electrons. The minimum absolute atomic E-state index is 0.0944. The van der Waals surface area contributed by atoms with Crippen LogP contribution in [0.2, 0.25) is 0 Å². The van der Waals surface area contributed by atoms with Gasteiger partial charge in [-0.15, -0.1) is 0 Å². The van der Waals surface area contributed by atoms with Crippen molar-refractivity contribution in [2.75, 3.05) is 37.6 Å². The van der Waals surface area contributed by atoms with Crippen LogP contribution in [-0.4, -0.2) is 42.6 Å². The van der Waals surface area contributed by atoms with Crippen molar-refractivity contribution in [1.29, 1.82) is 0 Å². The zero-order valence-electron chi connectivity index (χ0n) is 11.2. The third-order valence-corrected chi connectivity index (χ3v) is 3.16. The molecule has 0 saturated carbocycles. The maximum Gasteiger partial charge on any atom is 0.251 e. The molecule has 0 amide bonds. The molecule has 0 radical (unpaired) electrons. The van der Waals surface area contributed by atoms with E-state index < -0.39 is 17.6 Å². The number of aromatic nitrogens is 1. The van der Waals surface area contributed by atoms with Crippen LogP contribution in [0.5, 0.6) is 0 Å². The van der Waals surface area contributed by atoms with Gasteiger partial charge in [0.25, 0.3) is 5.95 Å². The smallest absolute Gasteiger partial charge is 0.251 e. The van der Waals surface area contributed by atoms with Gasteiger partial charge in [-0.05, 0) is 5.92 Å². The zero-order chi connectivity index (χ0) is 14.0. The summed E-state index contributed by atoms with van der Waals surface area (Å²) in [4.78, 5) is 7.31. The van der Waals surface area contributed by atoms with E-state index in [0.29, 0.717) is 25.1 Å². The first kappa shape index (κ1) is 14.1. The van der Waals surface area contributed by atoms with Crippen LogP contribution in [0.3, 0.4) is 0 Å². The topological polar surface area (TPSA) is 19.4 Å². The van der Waals surface area contributed by atoms with Crippen LogP contribution in [-0.2, 0) is 0 Å². The monoisotopic (exact) mass is 273 g/mol. The summed E-state index contributed by atoms with van der Waals surface area (Å²) in [5, 5.41) is 0. The van der Waals surface area contributed by atoms with Crippen LogP contribution in [0.1, 0.15) is 13.8 Å². The third kappa shape index (κ3) is 3.37. The zero-order valence-corrected chi connectivity index (χ0v) is 11.2. The summed E-state index contributed by atoms with van der Waals surface area (Å²) in [5.74, 6) is -2.83. The molecular formula is C13H18F3N3. The molecular weight excluding hydrogens is 255 g/mol. The van der Waals surface area contributed by atoms with E-state index in [0.717, 1.165) is 19.6 Å². The van der Waals surface area contributed by atoms with Gasteiger partial charge >= 0.3 is 0 Å². The van der Waals surface area contributed by atoms with Gasteiger partial charge < -0.3 is 4.90 Å². The van der Waals surface area contributed by atoms with E-state index in [9.17, 15) is 13.2 Å². The van der Waals surface area contributed by atoms with Gasteiger partial charge in [-0.1, -0.05) is 13.8 Å². The van der Waals surface area contributed by atoms with Gasteiger partial charge in [0.1, 0.15) is 0 Å². The van der Waals surface area contributed by atoms with Gasteiger partial charge in [-0.2, -0.15) is 9.37 Å². The number of hydrogen-bond acceptors (Lipinski definition) is 3. The summed E-state index contributed by atoms with van der Waals surface area (Å²) in [6, 6.07) is 0.554. The first-order chi connectivity index (χ1) is 8.97. The number of hydrogen-bond donors (Lipinski definition) is 0. The fourth-order valence-corrected chi connectivity index (χ4v) is 2.32. The predicted molar refractivity (Wildman–Crippen MR) is 67.6 cm³/mol. The normalized spacial score (nSPS) is 17.3. The van der Waals surface area contributed by atoms with Gasteiger partial charge in [0, 0.05) is 38.8 Å². The molecule has 1 saturated heterocycles. The Hall–Kier alpha value is -1.30. The Balaban J connectivity index is 2.03. The third-order valence-electron chi connectivity index (χ3n) is 3.16. The molecule has 0 bridgehead atoms. The summed E-state index contributed by atoms with van der Waals surface area (Å²) in [5.41, 5.74) is 0. The molecule has 2 heterocycles. The molecule has 1 fully saturated rings. The molecule has 6 heteroatoms. The van der Waals surface area contributed by atoms with Crippen molar-refractivity contribution in [3.05, 3.63) is 23.6 Å². The van der Waals surface area contributed by atoms with Crippen LogP contribution in [0.15, 0.2) is 6.07 Å². The van der Waals surface area contributed by atoms with Crippen molar-refractivity contribution in [2.24, 2.45) is 5.92 Å². The molecule has 1 aliphatic heterocycles. The molecule has 2 rings (SSSR count). The Bertz CT molecular complexity index is 443. The van der Waals surface area contributed by atoms with Crippen molar-refractivity contribution >= 4 is 5.82 Å². The van der Waals surface area contributed by atoms with E-state index in [2.05, 4.69) is 23.7 Å². The molecule has 0 atom stereocenters. The second kappa shape index (κ2) is 5.77. The molecule has 0 unspecified atom stereocenters. The Kier molecular flexibility index (Phi) is 4.29. The van der Waals surface area contributed by atoms with Crippen molar-refractivity contribution in [2.45, 2.75) is 13.8 Å². The molecule has 0 aromatic carbocycles. The fourth-order valence-electron chi connectivity index (χ4n) is 2.32. The van der Waals surface area contributed by atoms with Crippen LogP contribution < -0.4 is 4.90 Å². The number of rotatable bonds is 3. The Morgan fingerprint density at radius 2 is 1.74 bits per heavy atom. The highest BCUT2D eigenvalue weighted by Gasteiger charge is 2.22. The van der Waals surface area contributed by atoms with Crippen LogP contribution in [0.4, 0.5) is 19.0 Å². The molecule has 1 aliphatic rings. The van der Waals surface area contributed by atoms with Gasteiger partial charge in [-0.25, -0.2) is 8.78 Å². The fraction of sp³-hybridized carbons (Fsp3) is 0.615. The highest BCUT2D eigenvalue weighted by Crippen LogP contribution is 2.20. The standard InChI is InChI=1S/C13H18F3N3/c1-9(2)8-18-3-5-19(6-4-18)13-11(15)7-10(14)12(16)17-13/h7,9H,3-6,8H2,1-2H3. The maximum atomic E-state index is 13.6. The van der Waals surface area contributed by atoms with Crippen LogP contribution >= 0.6 is 0 Å². The number of pyridine rings is 1. The number of halogens is 3. The van der Waals surface area contributed by atoms with Gasteiger partial charge in [-0.3, -0.25) is 4.90 Å².